The molecule has 0 atom stereocenters. The maximum atomic E-state index is 13.1. The van der Waals surface area contributed by atoms with Gasteiger partial charge in [-0.3, -0.25) is 0 Å². The lowest BCUT2D eigenvalue weighted by Crippen LogP contribution is -2.63. The number of benzene rings is 2. The number of hydrogen-bond donors (Lipinski definition) is 2. The van der Waals surface area contributed by atoms with Crippen molar-refractivity contribution < 1.29 is 13.2 Å². The average molecular weight is 527 g/mol. The molecule has 0 amide bonds. The van der Waals surface area contributed by atoms with Gasteiger partial charge in [0, 0.05) is 43.4 Å². The normalized spacial score (nSPS) is 17.7. The fourth-order valence-corrected chi connectivity index (χ4v) is 5.48. The highest BCUT2D eigenvalue weighted by atomic mass is 35.5. The maximum absolute atomic E-state index is 13.1. The molecule has 0 aromatic heterocycles. The highest BCUT2D eigenvalue weighted by Gasteiger charge is 2.40. The van der Waals surface area contributed by atoms with Crippen molar-refractivity contribution in [1.29, 1.82) is 0 Å². The van der Waals surface area contributed by atoms with Crippen LogP contribution in [0.5, 0.6) is 0 Å². The van der Waals surface area contributed by atoms with Crippen molar-refractivity contribution in [2.24, 2.45) is 0 Å². The van der Waals surface area contributed by atoms with E-state index >= 15 is 0 Å². The summed E-state index contributed by atoms with van der Waals surface area (Å²) in [6.45, 7) is 9.26. The van der Waals surface area contributed by atoms with Gasteiger partial charge in [-0.1, -0.05) is 23.7 Å². The lowest BCUT2D eigenvalue weighted by atomic mass is 9.79. The van der Waals surface area contributed by atoms with Gasteiger partial charge in [0.2, 0.25) is 0 Å². The summed E-state index contributed by atoms with van der Waals surface area (Å²) in [6.07, 6.45) is -2.75. The number of halogens is 4. The number of hydrogen-bond acceptors (Lipinski definition) is 3. The van der Waals surface area contributed by atoms with Crippen molar-refractivity contribution in [3.8, 4) is 0 Å². The van der Waals surface area contributed by atoms with E-state index in [-0.39, 0.29) is 22.1 Å². The third-order valence-corrected chi connectivity index (χ3v) is 6.86. The van der Waals surface area contributed by atoms with Crippen molar-refractivity contribution in [1.82, 2.24) is 10.2 Å². The van der Waals surface area contributed by atoms with Crippen LogP contribution in [0.25, 0.3) is 0 Å². The number of rotatable bonds is 5. The number of nitrogens with zero attached hydrogens (tertiary/aromatic N) is 2. The van der Waals surface area contributed by atoms with Crippen LogP contribution in [-0.2, 0) is 12.7 Å². The zero-order valence-electron chi connectivity index (χ0n) is 21.1. The molecule has 3 rings (SSSR count). The maximum Gasteiger partial charge on any atom is 0.416 e. The van der Waals surface area contributed by atoms with Crippen LogP contribution in [-0.4, -0.2) is 41.2 Å². The molecule has 2 aromatic carbocycles. The zero-order chi connectivity index (χ0) is 26.2. The van der Waals surface area contributed by atoms with Gasteiger partial charge in [-0.05, 0) is 88.6 Å². The molecule has 0 spiro atoms. The highest BCUT2D eigenvalue weighted by Crippen LogP contribution is 2.35. The molecule has 35 heavy (non-hydrogen) atoms. The summed E-state index contributed by atoms with van der Waals surface area (Å²) >= 11 is 12.0. The van der Waals surface area contributed by atoms with Crippen LogP contribution in [0.2, 0.25) is 5.02 Å². The molecule has 0 radical (unpaired) electrons. The summed E-state index contributed by atoms with van der Waals surface area (Å²) in [5, 5.41) is 7.22. The molecule has 1 heterocycles. The summed E-state index contributed by atoms with van der Waals surface area (Å²) in [6, 6.07) is 11.7. The molecule has 192 valence electrons. The first-order valence-electron chi connectivity index (χ1n) is 11.6. The minimum absolute atomic E-state index is 0.0246. The SMILES string of the molecule is CN(C)c1ccc(CN(C(=S)Nc2ccc(C(F)(F)F)cc2Cl)C2CC(C)(C)NC(C)(C)C2)cc1. The Kier molecular flexibility index (Phi) is 7.99. The third-order valence-electron chi connectivity index (χ3n) is 6.21. The molecule has 1 saturated heterocycles. The quantitative estimate of drug-likeness (QED) is 0.412. The predicted molar refractivity (Wildman–Crippen MR) is 143 cm³/mol. The highest BCUT2D eigenvalue weighted by molar-refractivity contribution is 7.80. The molecule has 1 fully saturated rings. The Balaban J connectivity index is 1.90. The van der Waals surface area contributed by atoms with E-state index in [0.717, 1.165) is 36.2 Å². The van der Waals surface area contributed by atoms with Crippen LogP contribution >= 0.6 is 23.8 Å². The van der Waals surface area contributed by atoms with E-state index in [1.807, 2.05) is 19.0 Å². The smallest absolute Gasteiger partial charge is 0.378 e. The predicted octanol–water partition coefficient (Wildman–Crippen LogP) is 6.93. The summed E-state index contributed by atoms with van der Waals surface area (Å²) < 4.78 is 39.2. The Hall–Kier alpha value is -2.03. The molecule has 1 aliphatic heterocycles. The van der Waals surface area contributed by atoms with Crippen LogP contribution < -0.4 is 15.5 Å². The van der Waals surface area contributed by atoms with Crippen LogP contribution in [0.3, 0.4) is 0 Å². The van der Waals surface area contributed by atoms with Crippen molar-refractivity contribution in [3.05, 3.63) is 58.6 Å². The van der Waals surface area contributed by atoms with Crippen LogP contribution in [0.4, 0.5) is 24.5 Å². The van der Waals surface area contributed by atoms with Gasteiger partial charge in [-0.2, -0.15) is 13.2 Å². The molecule has 0 unspecified atom stereocenters. The van der Waals surface area contributed by atoms with Crippen LogP contribution in [0, 0.1) is 0 Å². The molecule has 9 heteroatoms. The second-order valence-electron chi connectivity index (χ2n) is 10.8. The minimum Gasteiger partial charge on any atom is -0.378 e. The first kappa shape index (κ1) is 27.6. The number of anilines is 2. The first-order chi connectivity index (χ1) is 16.1. The number of thiocarbonyl (C=S) groups is 1. The molecular formula is C26H34ClF3N4S. The summed E-state index contributed by atoms with van der Waals surface area (Å²) in [5.41, 5.74) is 1.53. The first-order valence-corrected chi connectivity index (χ1v) is 12.3. The van der Waals surface area contributed by atoms with Gasteiger partial charge in [0.15, 0.2) is 5.11 Å². The lowest BCUT2D eigenvalue weighted by molar-refractivity contribution is -0.137. The van der Waals surface area contributed by atoms with Crippen LogP contribution in [0.1, 0.15) is 51.7 Å². The van der Waals surface area contributed by atoms with E-state index in [4.69, 9.17) is 23.8 Å². The van der Waals surface area contributed by atoms with Crippen molar-refractivity contribution in [2.75, 3.05) is 24.3 Å². The summed E-state index contributed by atoms with van der Waals surface area (Å²) in [7, 11) is 3.99. The van der Waals surface area contributed by atoms with Gasteiger partial charge in [-0.15, -0.1) is 0 Å². The second-order valence-corrected chi connectivity index (χ2v) is 11.6. The van der Waals surface area contributed by atoms with Gasteiger partial charge < -0.3 is 20.4 Å². The summed E-state index contributed by atoms with van der Waals surface area (Å²) in [4.78, 5) is 4.18. The minimum atomic E-state index is -4.46. The van der Waals surface area contributed by atoms with E-state index in [1.165, 1.54) is 6.07 Å². The fraction of sp³-hybridized carbons (Fsp3) is 0.500. The van der Waals surface area contributed by atoms with Gasteiger partial charge >= 0.3 is 6.18 Å². The lowest BCUT2D eigenvalue weighted by Gasteiger charge is -2.50. The molecule has 2 N–H and O–H groups in total. The Morgan fingerprint density at radius 3 is 2.11 bits per heavy atom. The largest absolute Gasteiger partial charge is 0.416 e. The van der Waals surface area contributed by atoms with Crippen LogP contribution in [0.15, 0.2) is 42.5 Å². The van der Waals surface area contributed by atoms with Gasteiger partial charge in [0.05, 0.1) is 16.3 Å². The molecular weight excluding hydrogens is 493 g/mol. The summed E-state index contributed by atoms with van der Waals surface area (Å²) in [5.74, 6) is 0. The molecule has 0 saturated carbocycles. The van der Waals surface area contributed by atoms with E-state index < -0.39 is 11.7 Å². The Labute approximate surface area is 216 Å². The molecule has 1 aliphatic rings. The fourth-order valence-electron chi connectivity index (χ4n) is 4.93. The zero-order valence-corrected chi connectivity index (χ0v) is 22.6. The number of nitrogens with one attached hydrogen (secondary N) is 2. The average Bonchev–Trinajstić information content (AvgIpc) is 2.70. The Bertz CT molecular complexity index is 1040. The van der Waals surface area contributed by atoms with E-state index in [2.05, 4.69) is 67.5 Å². The van der Waals surface area contributed by atoms with Gasteiger partial charge in [0.25, 0.3) is 0 Å². The van der Waals surface area contributed by atoms with Crippen molar-refractivity contribution >= 4 is 40.3 Å². The van der Waals surface area contributed by atoms with Crippen molar-refractivity contribution in [2.45, 2.75) is 70.4 Å². The number of alkyl halides is 3. The van der Waals surface area contributed by atoms with E-state index in [1.54, 1.807) is 0 Å². The van der Waals surface area contributed by atoms with Gasteiger partial charge in [0.1, 0.15) is 0 Å². The van der Waals surface area contributed by atoms with Gasteiger partial charge in [-0.25, -0.2) is 0 Å². The molecule has 0 aliphatic carbocycles. The third kappa shape index (κ3) is 7.24. The van der Waals surface area contributed by atoms with E-state index in [9.17, 15) is 13.2 Å². The Morgan fingerprint density at radius 2 is 1.63 bits per heavy atom. The van der Waals surface area contributed by atoms with Crippen molar-refractivity contribution in [3.63, 3.8) is 0 Å². The number of piperidine rings is 1. The molecule has 2 aromatic rings. The molecule has 0 bridgehead atoms. The topological polar surface area (TPSA) is 30.5 Å². The second kappa shape index (κ2) is 10.1. The molecule has 4 nitrogen and oxygen atoms in total. The Morgan fingerprint density at radius 1 is 1.06 bits per heavy atom. The monoisotopic (exact) mass is 526 g/mol. The standard InChI is InChI=1S/C26H34ClF3N4S/c1-24(2)14-20(15-25(3,4)32-24)34(16-17-7-10-19(11-8-17)33(5)6)23(35)31-22-12-9-18(13-21(22)27)26(28,29)30/h7-13,20,32H,14-16H2,1-6H3,(H,31,35). The van der Waals surface area contributed by atoms with E-state index in [0.29, 0.717) is 17.3 Å².